The monoisotopic (exact) mass is 268 g/mol. The predicted molar refractivity (Wildman–Crippen MR) is 55.8 cm³/mol. The largest absolute Gasteiger partial charge is 0.493 e. The topological polar surface area (TPSA) is 9.23 Å². The summed E-state index contributed by atoms with van der Waals surface area (Å²) >= 11 is 14.8. The van der Waals surface area contributed by atoms with E-state index in [1.807, 2.05) is 0 Å². The molecule has 1 aromatic carbocycles. The summed E-state index contributed by atoms with van der Waals surface area (Å²) in [6, 6.07) is 5.14. The minimum absolute atomic E-state index is 0.590. The van der Waals surface area contributed by atoms with Crippen LogP contribution in [0.3, 0.4) is 0 Å². The van der Waals surface area contributed by atoms with Crippen molar-refractivity contribution in [2.75, 3.05) is 11.9 Å². The van der Waals surface area contributed by atoms with Crippen LogP contribution in [0, 0.1) is 0 Å². The van der Waals surface area contributed by atoms with Crippen LogP contribution in [0.2, 0.25) is 10.0 Å². The fourth-order valence-corrected chi connectivity index (χ4v) is 1.44. The Morgan fingerprint density at radius 3 is 2.25 bits per heavy atom. The molecule has 0 aromatic heterocycles. The molecule has 0 spiro atoms. The standard InChI is InChI=1S/C8H7BrCl2O/c9-1-2-12-8-4-6(10)3-7(11)5-8/h3-5H,1-2H2. The molecule has 0 atom stereocenters. The van der Waals surface area contributed by atoms with Crippen LogP contribution < -0.4 is 4.74 Å². The zero-order valence-corrected chi connectivity index (χ0v) is 9.29. The molecule has 0 saturated carbocycles. The first kappa shape index (κ1) is 10.2. The van der Waals surface area contributed by atoms with Crippen LogP contribution in [0.5, 0.6) is 5.75 Å². The minimum atomic E-state index is 0.590. The average molecular weight is 270 g/mol. The molecule has 0 bridgehead atoms. The van der Waals surface area contributed by atoms with Gasteiger partial charge in [0.15, 0.2) is 0 Å². The van der Waals surface area contributed by atoms with Crippen LogP contribution in [0.15, 0.2) is 18.2 Å². The average Bonchev–Trinajstić information content (AvgIpc) is 1.99. The van der Waals surface area contributed by atoms with Gasteiger partial charge >= 0.3 is 0 Å². The highest BCUT2D eigenvalue weighted by molar-refractivity contribution is 9.09. The normalized spacial score (nSPS) is 9.92. The molecule has 0 amide bonds. The zero-order chi connectivity index (χ0) is 8.97. The second-order valence-corrected chi connectivity index (χ2v) is 3.81. The van der Waals surface area contributed by atoms with Crippen molar-refractivity contribution in [3.8, 4) is 5.75 Å². The third-order valence-electron chi connectivity index (χ3n) is 1.18. The Morgan fingerprint density at radius 1 is 1.17 bits per heavy atom. The van der Waals surface area contributed by atoms with Gasteiger partial charge in [-0.2, -0.15) is 0 Å². The Bertz CT molecular complexity index is 245. The highest BCUT2D eigenvalue weighted by atomic mass is 79.9. The van der Waals surface area contributed by atoms with Gasteiger partial charge in [0.05, 0.1) is 6.61 Å². The molecule has 0 aliphatic carbocycles. The van der Waals surface area contributed by atoms with Gasteiger partial charge in [0, 0.05) is 15.4 Å². The molecule has 0 aliphatic heterocycles. The van der Waals surface area contributed by atoms with E-state index < -0.39 is 0 Å². The third kappa shape index (κ3) is 3.21. The summed E-state index contributed by atoms with van der Waals surface area (Å²) in [5, 5.41) is 1.97. The van der Waals surface area contributed by atoms with E-state index in [1.54, 1.807) is 18.2 Å². The smallest absolute Gasteiger partial charge is 0.122 e. The summed E-state index contributed by atoms with van der Waals surface area (Å²) in [6.45, 7) is 0.608. The van der Waals surface area contributed by atoms with Gasteiger partial charge < -0.3 is 4.74 Å². The van der Waals surface area contributed by atoms with Crippen LogP contribution in [-0.4, -0.2) is 11.9 Å². The van der Waals surface area contributed by atoms with E-state index in [0.717, 1.165) is 5.33 Å². The van der Waals surface area contributed by atoms with Gasteiger partial charge in [0.2, 0.25) is 0 Å². The summed E-state index contributed by atoms with van der Waals surface area (Å²) < 4.78 is 5.30. The number of alkyl halides is 1. The second kappa shape index (κ2) is 4.95. The number of hydrogen-bond donors (Lipinski definition) is 0. The van der Waals surface area contributed by atoms with Crippen LogP contribution in [0.25, 0.3) is 0 Å². The first-order valence-electron chi connectivity index (χ1n) is 3.37. The van der Waals surface area contributed by atoms with Crippen LogP contribution in [0.4, 0.5) is 0 Å². The molecule has 0 unspecified atom stereocenters. The van der Waals surface area contributed by atoms with Crippen molar-refractivity contribution >= 4 is 39.1 Å². The minimum Gasteiger partial charge on any atom is -0.493 e. The van der Waals surface area contributed by atoms with Crippen molar-refractivity contribution in [3.05, 3.63) is 28.2 Å². The molecular weight excluding hydrogens is 263 g/mol. The van der Waals surface area contributed by atoms with Gasteiger partial charge in [-0.05, 0) is 18.2 Å². The molecule has 1 rings (SSSR count). The molecular formula is C8H7BrCl2O. The molecule has 1 aromatic rings. The zero-order valence-electron chi connectivity index (χ0n) is 6.19. The molecule has 0 fully saturated rings. The summed E-state index contributed by atoms with van der Waals surface area (Å²) in [7, 11) is 0. The molecule has 1 nitrogen and oxygen atoms in total. The van der Waals surface area contributed by atoms with E-state index in [-0.39, 0.29) is 0 Å². The summed E-state index contributed by atoms with van der Waals surface area (Å²) in [5.41, 5.74) is 0. The lowest BCUT2D eigenvalue weighted by Gasteiger charge is -2.04. The van der Waals surface area contributed by atoms with E-state index in [1.165, 1.54) is 0 Å². The third-order valence-corrected chi connectivity index (χ3v) is 1.94. The van der Waals surface area contributed by atoms with Gasteiger partial charge in [-0.25, -0.2) is 0 Å². The number of ether oxygens (including phenoxy) is 1. The highest BCUT2D eigenvalue weighted by Gasteiger charge is 1.97. The summed E-state index contributed by atoms with van der Waals surface area (Å²) in [4.78, 5) is 0. The van der Waals surface area contributed by atoms with Gasteiger partial charge in [-0.15, -0.1) is 0 Å². The first-order valence-corrected chi connectivity index (χ1v) is 5.25. The fourth-order valence-electron chi connectivity index (χ4n) is 0.768. The van der Waals surface area contributed by atoms with E-state index in [0.29, 0.717) is 22.4 Å². The first-order chi connectivity index (χ1) is 5.72. The van der Waals surface area contributed by atoms with Crippen LogP contribution >= 0.6 is 39.1 Å². The van der Waals surface area contributed by atoms with E-state index in [4.69, 9.17) is 27.9 Å². The lowest BCUT2D eigenvalue weighted by Crippen LogP contribution is -1.97. The maximum absolute atomic E-state index is 5.75. The molecule has 0 heterocycles. The maximum atomic E-state index is 5.75. The van der Waals surface area contributed by atoms with Gasteiger partial charge in [-0.3, -0.25) is 0 Å². The van der Waals surface area contributed by atoms with Crippen molar-refractivity contribution in [1.82, 2.24) is 0 Å². The quantitative estimate of drug-likeness (QED) is 0.759. The number of halogens is 3. The maximum Gasteiger partial charge on any atom is 0.122 e. The van der Waals surface area contributed by atoms with Crippen molar-refractivity contribution < 1.29 is 4.74 Å². The Hall–Kier alpha value is 0.0800. The molecule has 0 saturated heterocycles. The lowest BCUT2D eigenvalue weighted by molar-refractivity contribution is 0.345. The molecule has 4 heteroatoms. The number of rotatable bonds is 3. The number of benzene rings is 1. The Balaban J connectivity index is 2.72. The highest BCUT2D eigenvalue weighted by Crippen LogP contribution is 2.23. The second-order valence-electron chi connectivity index (χ2n) is 2.14. The molecule has 0 N–H and O–H groups in total. The Kier molecular flexibility index (Phi) is 4.19. The molecule has 12 heavy (non-hydrogen) atoms. The molecule has 66 valence electrons. The summed E-state index contributed by atoms with van der Waals surface area (Å²) in [6.07, 6.45) is 0. The van der Waals surface area contributed by atoms with E-state index in [2.05, 4.69) is 15.9 Å². The van der Waals surface area contributed by atoms with E-state index >= 15 is 0 Å². The van der Waals surface area contributed by atoms with Crippen molar-refractivity contribution in [2.45, 2.75) is 0 Å². The van der Waals surface area contributed by atoms with Gasteiger partial charge in [-0.1, -0.05) is 39.1 Å². The summed E-state index contributed by atoms with van der Waals surface area (Å²) in [5.74, 6) is 0.701. The Morgan fingerprint density at radius 2 is 1.75 bits per heavy atom. The molecule has 0 aliphatic rings. The van der Waals surface area contributed by atoms with Crippen LogP contribution in [-0.2, 0) is 0 Å². The fraction of sp³-hybridized carbons (Fsp3) is 0.250. The lowest BCUT2D eigenvalue weighted by atomic mass is 10.3. The molecule has 0 radical (unpaired) electrons. The SMILES string of the molecule is Clc1cc(Cl)cc(OCCBr)c1. The van der Waals surface area contributed by atoms with Crippen molar-refractivity contribution in [1.29, 1.82) is 0 Å². The Labute approximate surface area is 89.7 Å². The van der Waals surface area contributed by atoms with Gasteiger partial charge in [0.1, 0.15) is 5.75 Å². The van der Waals surface area contributed by atoms with Crippen molar-refractivity contribution in [2.24, 2.45) is 0 Å². The van der Waals surface area contributed by atoms with Crippen LogP contribution in [0.1, 0.15) is 0 Å². The van der Waals surface area contributed by atoms with E-state index in [9.17, 15) is 0 Å². The van der Waals surface area contributed by atoms with Gasteiger partial charge in [0.25, 0.3) is 0 Å². The van der Waals surface area contributed by atoms with Crippen molar-refractivity contribution in [3.63, 3.8) is 0 Å². The number of hydrogen-bond acceptors (Lipinski definition) is 1. The predicted octanol–water partition coefficient (Wildman–Crippen LogP) is 3.77.